The lowest BCUT2D eigenvalue weighted by molar-refractivity contribution is 0.130. The van der Waals surface area contributed by atoms with Crippen molar-refractivity contribution in [1.29, 1.82) is 0 Å². The van der Waals surface area contributed by atoms with Gasteiger partial charge in [-0.3, -0.25) is 0 Å². The molecule has 1 aromatic carbocycles. The minimum Gasteiger partial charge on any atom is -0.496 e. The zero-order valence-corrected chi connectivity index (χ0v) is 10.9. The summed E-state index contributed by atoms with van der Waals surface area (Å²) in [5, 5.41) is 10.6. The van der Waals surface area contributed by atoms with Gasteiger partial charge < -0.3 is 14.6 Å². The summed E-state index contributed by atoms with van der Waals surface area (Å²) in [6.07, 6.45) is 3.40. The van der Waals surface area contributed by atoms with Gasteiger partial charge in [-0.1, -0.05) is 12.5 Å². The van der Waals surface area contributed by atoms with Crippen molar-refractivity contribution in [2.75, 3.05) is 14.2 Å². The lowest BCUT2D eigenvalue weighted by Crippen LogP contribution is -2.08. The van der Waals surface area contributed by atoms with E-state index >= 15 is 0 Å². The third-order valence-corrected chi connectivity index (χ3v) is 4.60. The van der Waals surface area contributed by atoms with Crippen molar-refractivity contribution in [1.82, 2.24) is 0 Å². The van der Waals surface area contributed by atoms with Crippen LogP contribution in [-0.2, 0) is 0 Å². The molecule has 0 spiro atoms. The van der Waals surface area contributed by atoms with Crippen molar-refractivity contribution >= 4 is 0 Å². The first kappa shape index (κ1) is 11.8. The molecule has 2 fully saturated rings. The molecule has 2 saturated carbocycles. The van der Waals surface area contributed by atoms with Crippen LogP contribution in [0.2, 0.25) is 0 Å². The molecule has 3 rings (SSSR count). The molecule has 3 nitrogen and oxygen atoms in total. The van der Waals surface area contributed by atoms with E-state index in [1.165, 1.54) is 19.3 Å². The highest BCUT2D eigenvalue weighted by Gasteiger charge is 2.56. The summed E-state index contributed by atoms with van der Waals surface area (Å²) in [5.74, 6) is 3.30. The Balaban J connectivity index is 1.90. The Bertz CT molecular complexity index is 411. The maximum absolute atomic E-state index is 10.6. The molecule has 18 heavy (non-hydrogen) atoms. The number of aliphatic hydroxyl groups is 1. The lowest BCUT2D eigenvalue weighted by Gasteiger charge is -2.19. The van der Waals surface area contributed by atoms with Crippen molar-refractivity contribution < 1.29 is 14.6 Å². The zero-order valence-electron chi connectivity index (χ0n) is 10.9. The van der Waals surface area contributed by atoms with Crippen LogP contribution >= 0.6 is 0 Å². The Morgan fingerprint density at radius 1 is 1.11 bits per heavy atom. The first-order valence-corrected chi connectivity index (χ1v) is 6.67. The van der Waals surface area contributed by atoms with Gasteiger partial charge >= 0.3 is 0 Å². The first-order valence-electron chi connectivity index (χ1n) is 6.67. The summed E-state index contributed by atoms with van der Waals surface area (Å²) >= 11 is 0. The van der Waals surface area contributed by atoms with Crippen LogP contribution in [0, 0.1) is 17.8 Å². The van der Waals surface area contributed by atoms with Crippen LogP contribution in [0.25, 0.3) is 0 Å². The fourth-order valence-electron chi connectivity index (χ4n) is 3.71. The number of hydrogen-bond acceptors (Lipinski definition) is 3. The average molecular weight is 248 g/mol. The van der Waals surface area contributed by atoms with Crippen LogP contribution < -0.4 is 9.47 Å². The number of hydrogen-bond donors (Lipinski definition) is 1. The molecule has 3 atom stereocenters. The van der Waals surface area contributed by atoms with E-state index in [4.69, 9.17) is 9.47 Å². The van der Waals surface area contributed by atoms with E-state index in [-0.39, 0.29) is 0 Å². The van der Waals surface area contributed by atoms with E-state index in [2.05, 4.69) is 0 Å². The SMILES string of the molecule is COc1cccc(OC)c1C(O)C1C2CCCC21. The highest BCUT2D eigenvalue weighted by molar-refractivity contribution is 5.47. The van der Waals surface area contributed by atoms with Crippen molar-refractivity contribution in [3.8, 4) is 11.5 Å². The molecule has 0 saturated heterocycles. The monoisotopic (exact) mass is 248 g/mol. The molecule has 0 aromatic heterocycles. The molecule has 2 aliphatic rings. The second kappa shape index (κ2) is 4.47. The first-order chi connectivity index (χ1) is 8.77. The van der Waals surface area contributed by atoms with Gasteiger partial charge in [-0.05, 0) is 42.7 Å². The predicted octanol–water partition coefficient (Wildman–Crippen LogP) is 2.78. The fraction of sp³-hybridized carbons (Fsp3) is 0.600. The second-order valence-corrected chi connectivity index (χ2v) is 5.36. The molecule has 0 aliphatic heterocycles. The number of aliphatic hydroxyl groups excluding tert-OH is 1. The largest absolute Gasteiger partial charge is 0.496 e. The fourth-order valence-corrected chi connectivity index (χ4v) is 3.71. The number of rotatable bonds is 4. The molecular formula is C15H20O3. The van der Waals surface area contributed by atoms with Crippen LogP contribution in [0.4, 0.5) is 0 Å². The smallest absolute Gasteiger partial charge is 0.128 e. The number of fused-ring (bicyclic) bond motifs is 1. The van der Waals surface area contributed by atoms with Gasteiger partial charge in [0.25, 0.3) is 0 Å². The standard InChI is InChI=1S/C15H20O3/c1-17-11-7-4-8-12(18-2)14(11)15(16)13-9-5-3-6-10(9)13/h4,7-10,13,15-16H,3,5-6H2,1-2H3. The Kier molecular flexibility index (Phi) is 2.94. The molecule has 0 heterocycles. The highest BCUT2D eigenvalue weighted by Crippen LogP contribution is 2.63. The maximum atomic E-state index is 10.6. The van der Waals surface area contributed by atoms with E-state index in [1.807, 2.05) is 18.2 Å². The van der Waals surface area contributed by atoms with Crippen LogP contribution in [-0.4, -0.2) is 19.3 Å². The zero-order chi connectivity index (χ0) is 12.7. The van der Waals surface area contributed by atoms with Crippen molar-refractivity contribution in [2.24, 2.45) is 17.8 Å². The molecule has 0 radical (unpaired) electrons. The van der Waals surface area contributed by atoms with Gasteiger partial charge in [0.2, 0.25) is 0 Å². The summed E-state index contributed by atoms with van der Waals surface area (Å²) in [5.41, 5.74) is 0.821. The molecular weight excluding hydrogens is 228 g/mol. The number of methoxy groups -OCH3 is 2. The van der Waals surface area contributed by atoms with E-state index in [0.717, 1.165) is 28.9 Å². The van der Waals surface area contributed by atoms with Crippen molar-refractivity contribution in [3.63, 3.8) is 0 Å². The molecule has 3 unspecified atom stereocenters. The van der Waals surface area contributed by atoms with Gasteiger partial charge in [-0.2, -0.15) is 0 Å². The molecule has 3 heteroatoms. The van der Waals surface area contributed by atoms with Gasteiger partial charge in [0, 0.05) is 0 Å². The van der Waals surface area contributed by atoms with Crippen LogP contribution in [0.15, 0.2) is 18.2 Å². The highest BCUT2D eigenvalue weighted by atomic mass is 16.5. The van der Waals surface area contributed by atoms with Crippen LogP contribution in [0.1, 0.15) is 30.9 Å². The van der Waals surface area contributed by atoms with E-state index in [1.54, 1.807) is 14.2 Å². The normalized spacial score (nSPS) is 30.7. The summed E-state index contributed by atoms with van der Waals surface area (Å²) in [6, 6.07) is 5.67. The Hall–Kier alpha value is -1.22. The maximum Gasteiger partial charge on any atom is 0.128 e. The lowest BCUT2D eigenvalue weighted by atomic mass is 9.98. The van der Waals surface area contributed by atoms with Gasteiger partial charge in [0.1, 0.15) is 11.5 Å². The van der Waals surface area contributed by atoms with E-state index in [9.17, 15) is 5.11 Å². The third kappa shape index (κ3) is 1.69. The minimum absolute atomic E-state index is 0.406. The molecule has 98 valence electrons. The van der Waals surface area contributed by atoms with E-state index in [0.29, 0.717) is 5.92 Å². The number of benzene rings is 1. The molecule has 1 aromatic rings. The van der Waals surface area contributed by atoms with Crippen molar-refractivity contribution in [3.05, 3.63) is 23.8 Å². The summed E-state index contributed by atoms with van der Waals surface area (Å²) in [7, 11) is 3.28. The molecule has 0 bridgehead atoms. The van der Waals surface area contributed by atoms with Gasteiger partial charge in [-0.15, -0.1) is 0 Å². The Labute approximate surface area is 108 Å². The summed E-state index contributed by atoms with van der Waals surface area (Å²) in [4.78, 5) is 0. The average Bonchev–Trinajstić information content (AvgIpc) is 2.89. The topological polar surface area (TPSA) is 38.7 Å². The Morgan fingerprint density at radius 3 is 2.17 bits per heavy atom. The van der Waals surface area contributed by atoms with Crippen LogP contribution in [0.5, 0.6) is 11.5 Å². The van der Waals surface area contributed by atoms with Crippen LogP contribution in [0.3, 0.4) is 0 Å². The predicted molar refractivity (Wildman–Crippen MR) is 68.8 cm³/mol. The number of ether oxygens (including phenoxy) is 2. The summed E-state index contributed by atoms with van der Waals surface area (Å²) in [6.45, 7) is 0. The molecule has 1 N–H and O–H groups in total. The van der Waals surface area contributed by atoms with Gasteiger partial charge in [0.15, 0.2) is 0 Å². The third-order valence-electron chi connectivity index (χ3n) is 4.60. The minimum atomic E-state index is -0.452. The molecule has 0 amide bonds. The van der Waals surface area contributed by atoms with E-state index < -0.39 is 6.10 Å². The van der Waals surface area contributed by atoms with Gasteiger partial charge in [-0.25, -0.2) is 0 Å². The van der Waals surface area contributed by atoms with Gasteiger partial charge in [0.05, 0.1) is 25.9 Å². The quantitative estimate of drug-likeness (QED) is 0.890. The molecule has 2 aliphatic carbocycles. The van der Waals surface area contributed by atoms with Crippen molar-refractivity contribution in [2.45, 2.75) is 25.4 Å². The Morgan fingerprint density at radius 2 is 1.67 bits per heavy atom. The summed E-state index contributed by atoms with van der Waals surface area (Å²) < 4.78 is 10.7. The second-order valence-electron chi connectivity index (χ2n) is 5.36.